The molecule has 4 aromatic carbocycles. The Bertz CT molecular complexity index is 1480. The van der Waals surface area contributed by atoms with Crippen molar-refractivity contribution >= 4 is 27.4 Å². The molecular weight excluding hydrogens is 388 g/mol. The number of allylic oxidation sites excluding steroid dienone is 3. The monoisotopic (exact) mass is 414 g/mol. The largest absolute Gasteiger partial charge is 0.402 e. The molecule has 0 saturated heterocycles. The molecule has 0 radical (unpaired) electrons. The van der Waals surface area contributed by atoms with Crippen LogP contribution in [0.25, 0.3) is 44.2 Å². The molecule has 0 atom stereocenters. The van der Waals surface area contributed by atoms with Gasteiger partial charge in [0.1, 0.15) is 0 Å². The van der Waals surface area contributed by atoms with Crippen LogP contribution in [0.2, 0.25) is 0 Å². The molecular formula is C30H26N2. The molecule has 5 rings (SSSR count). The van der Waals surface area contributed by atoms with E-state index in [9.17, 15) is 0 Å². The van der Waals surface area contributed by atoms with Gasteiger partial charge in [-0.3, -0.25) is 0 Å². The summed E-state index contributed by atoms with van der Waals surface area (Å²) in [5, 5.41) is 2.44. The number of aromatic nitrogens is 1. The predicted molar refractivity (Wildman–Crippen MR) is 138 cm³/mol. The van der Waals surface area contributed by atoms with E-state index in [4.69, 9.17) is 5.73 Å². The summed E-state index contributed by atoms with van der Waals surface area (Å²) in [6.45, 7) is 8.08. The Morgan fingerprint density at radius 1 is 0.688 bits per heavy atom. The second-order valence-corrected chi connectivity index (χ2v) is 8.34. The van der Waals surface area contributed by atoms with Gasteiger partial charge in [0, 0.05) is 27.7 Å². The molecule has 2 nitrogen and oxygen atoms in total. The zero-order chi connectivity index (χ0) is 22.2. The van der Waals surface area contributed by atoms with Gasteiger partial charge in [0.25, 0.3) is 0 Å². The third kappa shape index (κ3) is 3.30. The maximum absolute atomic E-state index is 6.20. The molecule has 0 aliphatic carbocycles. The van der Waals surface area contributed by atoms with Gasteiger partial charge in [-0.2, -0.15) is 0 Å². The summed E-state index contributed by atoms with van der Waals surface area (Å²) in [6, 6.07) is 34.4. The van der Waals surface area contributed by atoms with Crippen molar-refractivity contribution in [3.63, 3.8) is 0 Å². The molecule has 1 aromatic heterocycles. The van der Waals surface area contributed by atoms with Crippen molar-refractivity contribution in [2.45, 2.75) is 13.8 Å². The summed E-state index contributed by atoms with van der Waals surface area (Å²) in [5.74, 6) is 0. The first-order chi connectivity index (χ1) is 15.5. The van der Waals surface area contributed by atoms with Gasteiger partial charge in [-0.05, 0) is 66.4 Å². The van der Waals surface area contributed by atoms with Gasteiger partial charge in [-0.15, -0.1) is 0 Å². The second kappa shape index (κ2) is 7.90. The van der Waals surface area contributed by atoms with Crippen molar-refractivity contribution in [3.05, 3.63) is 120 Å². The Balaban J connectivity index is 1.71. The lowest BCUT2D eigenvalue weighted by Gasteiger charge is -2.12. The van der Waals surface area contributed by atoms with Crippen LogP contribution in [0.4, 0.5) is 0 Å². The molecule has 1 heterocycles. The zero-order valence-electron chi connectivity index (χ0n) is 18.5. The molecule has 0 fully saturated rings. The van der Waals surface area contributed by atoms with Gasteiger partial charge in [0.05, 0.1) is 11.0 Å². The van der Waals surface area contributed by atoms with Crippen molar-refractivity contribution in [1.29, 1.82) is 0 Å². The van der Waals surface area contributed by atoms with E-state index < -0.39 is 0 Å². The number of para-hydroxylation sites is 1. The molecule has 0 aliphatic rings. The molecule has 0 saturated carbocycles. The minimum absolute atomic E-state index is 0.789. The zero-order valence-corrected chi connectivity index (χ0v) is 18.5. The number of nitrogens with two attached hydrogens (primary N) is 1. The van der Waals surface area contributed by atoms with E-state index in [1.807, 2.05) is 19.9 Å². The molecule has 156 valence electrons. The van der Waals surface area contributed by atoms with Crippen LogP contribution < -0.4 is 5.73 Å². The van der Waals surface area contributed by atoms with E-state index in [0.717, 1.165) is 28.1 Å². The topological polar surface area (TPSA) is 30.9 Å². The highest BCUT2D eigenvalue weighted by atomic mass is 15.0. The molecule has 2 N–H and O–H groups in total. The molecule has 32 heavy (non-hydrogen) atoms. The maximum atomic E-state index is 6.20. The van der Waals surface area contributed by atoms with E-state index in [0.29, 0.717) is 0 Å². The first kappa shape index (κ1) is 19.9. The van der Waals surface area contributed by atoms with Crippen molar-refractivity contribution in [3.8, 4) is 16.8 Å². The molecule has 0 aliphatic heterocycles. The highest BCUT2D eigenvalue weighted by Gasteiger charge is 2.14. The van der Waals surface area contributed by atoms with E-state index >= 15 is 0 Å². The van der Waals surface area contributed by atoms with Crippen LogP contribution >= 0.6 is 0 Å². The Morgan fingerprint density at radius 3 is 2.00 bits per heavy atom. The SMILES string of the molecule is C=C(C)/C(=C(/C)N)c1ccc2c(c1)c1ccccc1n2-c1ccc(-c2ccccc2)cc1. The van der Waals surface area contributed by atoms with E-state index in [1.54, 1.807) is 0 Å². The molecule has 0 bridgehead atoms. The number of rotatable bonds is 4. The molecule has 0 unspecified atom stereocenters. The first-order valence-electron chi connectivity index (χ1n) is 10.9. The summed E-state index contributed by atoms with van der Waals surface area (Å²) < 4.78 is 2.34. The summed E-state index contributed by atoms with van der Waals surface area (Å²) in [6.07, 6.45) is 0. The average Bonchev–Trinajstić information content (AvgIpc) is 3.13. The van der Waals surface area contributed by atoms with Gasteiger partial charge in [-0.25, -0.2) is 0 Å². The molecule has 5 aromatic rings. The van der Waals surface area contributed by atoms with Crippen LogP contribution in [0.1, 0.15) is 19.4 Å². The van der Waals surface area contributed by atoms with Crippen molar-refractivity contribution in [2.75, 3.05) is 0 Å². The van der Waals surface area contributed by atoms with E-state index in [1.165, 1.54) is 32.9 Å². The predicted octanol–water partition coefficient (Wildman–Crippen LogP) is 7.72. The lowest BCUT2D eigenvalue weighted by Crippen LogP contribution is -1.99. The minimum Gasteiger partial charge on any atom is -0.402 e. The van der Waals surface area contributed by atoms with Crippen LogP contribution in [0.15, 0.2) is 115 Å². The molecule has 2 heteroatoms. The van der Waals surface area contributed by atoms with Crippen molar-refractivity contribution < 1.29 is 0 Å². The van der Waals surface area contributed by atoms with Gasteiger partial charge < -0.3 is 10.3 Å². The summed E-state index contributed by atoms with van der Waals surface area (Å²) >= 11 is 0. The van der Waals surface area contributed by atoms with E-state index in [2.05, 4.69) is 102 Å². The molecule has 0 spiro atoms. The smallest absolute Gasteiger partial charge is 0.0541 e. The van der Waals surface area contributed by atoms with E-state index in [-0.39, 0.29) is 0 Å². The third-order valence-corrected chi connectivity index (χ3v) is 6.01. The van der Waals surface area contributed by atoms with Crippen molar-refractivity contribution in [1.82, 2.24) is 4.57 Å². The summed E-state index contributed by atoms with van der Waals surface area (Å²) in [4.78, 5) is 0. The van der Waals surface area contributed by atoms with Gasteiger partial charge >= 0.3 is 0 Å². The fourth-order valence-electron chi connectivity index (χ4n) is 4.65. The first-order valence-corrected chi connectivity index (χ1v) is 10.9. The number of benzene rings is 4. The summed E-state index contributed by atoms with van der Waals surface area (Å²) in [7, 11) is 0. The van der Waals surface area contributed by atoms with Gasteiger partial charge in [0.2, 0.25) is 0 Å². The number of hydrogen-bond donors (Lipinski definition) is 1. The van der Waals surface area contributed by atoms with Gasteiger partial charge in [0.15, 0.2) is 0 Å². The van der Waals surface area contributed by atoms with Crippen LogP contribution in [0.5, 0.6) is 0 Å². The average molecular weight is 415 g/mol. The van der Waals surface area contributed by atoms with Gasteiger partial charge in [-0.1, -0.05) is 73.3 Å². The Morgan fingerprint density at radius 2 is 1.31 bits per heavy atom. The Labute approximate surface area is 188 Å². The fraction of sp³-hybridized carbons (Fsp3) is 0.0667. The lowest BCUT2D eigenvalue weighted by atomic mass is 9.96. The second-order valence-electron chi connectivity index (χ2n) is 8.34. The number of nitrogens with zero attached hydrogens (tertiary/aromatic N) is 1. The highest BCUT2D eigenvalue weighted by molar-refractivity contribution is 6.10. The number of hydrogen-bond acceptors (Lipinski definition) is 1. The lowest BCUT2D eigenvalue weighted by molar-refractivity contribution is 1.18. The quantitative estimate of drug-likeness (QED) is 0.300. The Hall–Kier alpha value is -4.04. The van der Waals surface area contributed by atoms with Crippen LogP contribution in [0, 0.1) is 0 Å². The third-order valence-electron chi connectivity index (χ3n) is 6.01. The van der Waals surface area contributed by atoms with Crippen molar-refractivity contribution in [2.24, 2.45) is 5.73 Å². The van der Waals surface area contributed by atoms with Crippen LogP contribution in [-0.2, 0) is 0 Å². The Kier molecular flexibility index (Phi) is 4.91. The fourth-order valence-corrected chi connectivity index (χ4v) is 4.65. The normalized spacial score (nSPS) is 12.2. The van der Waals surface area contributed by atoms with Crippen LogP contribution in [0.3, 0.4) is 0 Å². The maximum Gasteiger partial charge on any atom is 0.0541 e. The molecule has 0 amide bonds. The number of fused-ring (bicyclic) bond motifs is 3. The van der Waals surface area contributed by atoms with Crippen LogP contribution in [-0.4, -0.2) is 4.57 Å². The minimum atomic E-state index is 0.789. The highest BCUT2D eigenvalue weighted by Crippen LogP contribution is 2.35. The summed E-state index contributed by atoms with van der Waals surface area (Å²) in [5.41, 5.74) is 16.0. The standard InChI is InChI=1S/C30H26N2/c1-20(2)30(21(3)31)24-15-18-29-27(19-24)26-11-7-8-12-28(26)32(29)25-16-13-23(14-17-25)22-9-5-4-6-10-22/h4-19H,1,31H2,2-3H3/b30-21+.